The summed E-state index contributed by atoms with van der Waals surface area (Å²) in [6, 6.07) is 14.3. The third-order valence-electron chi connectivity index (χ3n) is 3.39. The van der Waals surface area contributed by atoms with Gasteiger partial charge in [0.25, 0.3) is 0 Å². The van der Waals surface area contributed by atoms with E-state index in [9.17, 15) is 0 Å². The van der Waals surface area contributed by atoms with Gasteiger partial charge >= 0.3 is 0 Å². The summed E-state index contributed by atoms with van der Waals surface area (Å²) in [4.78, 5) is 2.19. The maximum atomic E-state index is 5.99. The molecule has 0 saturated carbocycles. The van der Waals surface area contributed by atoms with Crippen LogP contribution in [0.2, 0.25) is 0 Å². The number of rotatable bonds is 5. The Hall–Kier alpha value is -2.16. The van der Waals surface area contributed by atoms with Crippen LogP contribution < -0.4 is 15.4 Å². The highest BCUT2D eigenvalue weighted by Gasteiger charge is 2.08. The van der Waals surface area contributed by atoms with Crippen molar-refractivity contribution < 1.29 is 4.74 Å². The Morgan fingerprint density at radius 1 is 1.14 bits per heavy atom. The summed E-state index contributed by atoms with van der Waals surface area (Å²) in [7, 11) is 2.07. The van der Waals surface area contributed by atoms with Crippen LogP contribution in [-0.4, -0.2) is 13.2 Å². The molecule has 0 aromatic heterocycles. The Morgan fingerprint density at radius 3 is 2.52 bits per heavy atom. The van der Waals surface area contributed by atoms with Crippen LogP contribution in [0.3, 0.4) is 0 Å². The summed E-state index contributed by atoms with van der Waals surface area (Å²) in [5.41, 5.74) is 10.4. The van der Waals surface area contributed by atoms with Gasteiger partial charge in [0.15, 0.2) is 0 Å². The molecule has 2 aromatic rings. The van der Waals surface area contributed by atoms with Crippen LogP contribution in [0.5, 0.6) is 5.75 Å². The fourth-order valence-corrected chi connectivity index (χ4v) is 2.30. The van der Waals surface area contributed by atoms with Gasteiger partial charge in [-0.25, -0.2) is 0 Å². The van der Waals surface area contributed by atoms with Crippen LogP contribution in [-0.2, 0) is 6.54 Å². The topological polar surface area (TPSA) is 38.5 Å². The predicted molar refractivity (Wildman–Crippen MR) is 89.9 cm³/mol. The van der Waals surface area contributed by atoms with Crippen LogP contribution in [0.1, 0.15) is 25.0 Å². The second-order valence-electron chi connectivity index (χ2n) is 5.71. The average molecular weight is 284 g/mol. The first-order valence-corrected chi connectivity index (χ1v) is 7.28. The van der Waals surface area contributed by atoms with Crippen molar-refractivity contribution in [3.05, 3.63) is 53.6 Å². The Labute approximate surface area is 127 Å². The highest BCUT2D eigenvalue weighted by atomic mass is 16.5. The minimum absolute atomic E-state index is 0.140. The summed E-state index contributed by atoms with van der Waals surface area (Å²) in [5.74, 6) is 0.816. The third kappa shape index (κ3) is 4.15. The van der Waals surface area contributed by atoms with E-state index in [1.807, 2.05) is 32.0 Å². The van der Waals surface area contributed by atoms with Crippen molar-refractivity contribution in [2.24, 2.45) is 0 Å². The molecule has 3 heteroatoms. The molecule has 2 N–H and O–H groups in total. The predicted octanol–water partition coefficient (Wildman–Crippen LogP) is 4.00. The van der Waals surface area contributed by atoms with Crippen LogP contribution in [0.25, 0.3) is 0 Å². The number of nitrogen functional groups attached to an aromatic ring is 1. The molecule has 2 rings (SSSR count). The van der Waals surface area contributed by atoms with E-state index in [0.717, 1.165) is 23.7 Å². The number of aryl methyl sites for hydroxylation is 1. The molecule has 3 nitrogen and oxygen atoms in total. The number of benzene rings is 2. The van der Waals surface area contributed by atoms with Crippen LogP contribution in [0.15, 0.2) is 42.5 Å². The van der Waals surface area contributed by atoms with E-state index in [1.165, 1.54) is 11.1 Å². The Bertz CT molecular complexity index is 608. The molecular weight excluding hydrogens is 260 g/mol. The smallest absolute Gasteiger partial charge is 0.123 e. The molecule has 21 heavy (non-hydrogen) atoms. The van der Waals surface area contributed by atoms with E-state index < -0.39 is 0 Å². The molecule has 0 radical (unpaired) electrons. The standard InChI is InChI=1S/C18H24N2O/c1-13(2)21-18-10-16(19)9-17(11-18)20(4)12-15-8-6-5-7-14(15)3/h5-11,13H,12,19H2,1-4H3. The van der Waals surface area contributed by atoms with Gasteiger partial charge in [-0.3, -0.25) is 0 Å². The Balaban J connectivity index is 2.20. The van der Waals surface area contributed by atoms with Crippen LogP contribution in [0, 0.1) is 6.92 Å². The lowest BCUT2D eigenvalue weighted by atomic mass is 10.1. The van der Waals surface area contributed by atoms with Crippen LogP contribution >= 0.6 is 0 Å². The average Bonchev–Trinajstić information content (AvgIpc) is 2.40. The zero-order valence-electron chi connectivity index (χ0n) is 13.3. The molecule has 0 bridgehead atoms. The minimum Gasteiger partial charge on any atom is -0.491 e. The summed E-state index contributed by atoms with van der Waals surface area (Å²) >= 11 is 0. The third-order valence-corrected chi connectivity index (χ3v) is 3.39. The molecule has 0 aliphatic carbocycles. The van der Waals surface area contributed by atoms with E-state index in [4.69, 9.17) is 10.5 Å². The van der Waals surface area contributed by atoms with Crippen molar-refractivity contribution in [1.82, 2.24) is 0 Å². The second kappa shape index (κ2) is 6.53. The maximum Gasteiger partial charge on any atom is 0.123 e. The molecule has 0 fully saturated rings. The normalized spacial score (nSPS) is 10.7. The molecule has 0 aliphatic heterocycles. The zero-order valence-corrected chi connectivity index (χ0v) is 13.3. The van der Waals surface area contributed by atoms with Crippen molar-refractivity contribution in [2.75, 3.05) is 17.7 Å². The number of hydrogen-bond acceptors (Lipinski definition) is 3. The van der Waals surface area contributed by atoms with Gasteiger partial charge in [-0.2, -0.15) is 0 Å². The molecule has 112 valence electrons. The van der Waals surface area contributed by atoms with Gasteiger partial charge in [0.2, 0.25) is 0 Å². The molecule has 0 spiro atoms. The van der Waals surface area contributed by atoms with Crippen molar-refractivity contribution in [1.29, 1.82) is 0 Å². The van der Waals surface area contributed by atoms with Crippen molar-refractivity contribution in [3.63, 3.8) is 0 Å². The SMILES string of the molecule is Cc1ccccc1CN(C)c1cc(N)cc(OC(C)C)c1. The summed E-state index contributed by atoms with van der Waals surface area (Å²) in [6.07, 6.45) is 0.140. The number of anilines is 2. The van der Waals surface area contributed by atoms with Gasteiger partial charge in [-0.05, 0) is 38.0 Å². The zero-order chi connectivity index (χ0) is 15.4. The summed E-state index contributed by atoms with van der Waals surface area (Å²) < 4.78 is 5.75. The van der Waals surface area contributed by atoms with Crippen LogP contribution in [0.4, 0.5) is 11.4 Å². The van der Waals surface area contributed by atoms with Gasteiger partial charge in [0.05, 0.1) is 6.10 Å². The molecule has 0 saturated heterocycles. The molecule has 0 unspecified atom stereocenters. The lowest BCUT2D eigenvalue weighted by Crippen LogP contribution is -2.17. The number of nitrogens with two attached hydrogens (primary N) is 1. The van der Waals surface area contributed by atoms with E-state index in [1.54, 1.807) is 0 Å². The van der Waals surface area contributed by atoms with Gasteiger partial charge in [0, 0.05) is 37.1 Å². The minimum atomic E-state index is 0.140. The fraction of sp³-hybridized carbons (Fsp3) is 0.333. The lowest BCUT2D eigenvalue weighted by Gasteiger charge is -2.22. The van der Waals surface area contributed by atoms with Gasteiger partial charge in [-0.15, -0.1) is 0 Å². The molecular formula is C18H24N2O. The first-order valence-electron chi connectivity index (χ1n) is 7.28. The fourth-order valence-electron chi connectivity index (χ4n) is 2.30. The quantitative estimate of drug-likeness (QED) is 0.843. The Kier molecular flexibility index (Phi) is 4.73. The largest absolute Gasteiger partial charge is 0.491 e. The number of ether oxygens (including phenoxy) is 1. The molecule has 0 aliphatic rings. The maximum absolute atomic E-state index is 5.99. The molecule has 2 aromatic carbocycles. The monoisotopic (exact) mass is 284 g/mol. The second-order valence-corrected chi connectivity index (χ2v) is 5.71. The van der Waals surface area contributed by atoms with Crippen molar-refractivity contribution in [3.8, 4) is 5.75 Å². The highest BCUT2D eigenvalue weighted by molar-refractivity contribution is 5.60. The van der Waals surface area contributed by atoms with E-state index in [0.29, 0.717) is 0 Å². The highest BCUT2D eigenvalue weighted by Crippen LogP contribution is 2.27. The molecule has 0 amide bonds. The van der Waals surface area contributed by atoms with E-state index in [-0.39, 0.29) is 6.10 Å². The number of hydrogen-bond donors (Lipinski definition) is 1. The summed E-state index contributed by atoms with van der Waals surface area (Å²) in [6.45, 7) is 7.01. The summed E-state index contributed by atoms with van der Waals surface area (Å²) in [5, 5.41) is 0. The number of nitrogens with zero attached hydrogens (tertiary/aromatic N) is 1. The van der Waals surface area contributed by atoms with E-state index >= 15 is 0 Å². The Morgan fingerprint density at radius 2 is 1.86 bits per heavy atom. The van der Waals surface area contributed by atoms with Gasteiger partial charge in [-0.1, -0.05) is 24.3 Å². The molecule has 0 heterocycles. The van der Waals surface area contributed by atoms with Gasteiger partial charge < -0.3 is 15.4 Å². The van der Waals surface area contributed by atoms with Crippen molar-refractivity contribution in [2.45, 2.75) is 33.4 Å². The first-order chi connectivity index (χ1) is 9.95. The lowest BCUT2D eigenvalue weighted by molar-refractivity contribution is 0.242. The van der Waals surface area contributed by atoms with Crippen molar-refractivity contribution >= 4 is 11.4 Å². The molecule has 0 atom stereocenters. The van der Waals surface area contributed by atoms with Gasteiger partial charge in [0.1, 0.15) is 5.75 Å². The first kappa shape index (κ1) is 15.2. The van der Waals surface area contributed by atoms with E-state index in [2.05, 4.69) is 43.1 Å².